The maximum absolute atomic E-state index is 11.3. The minimum absolute atomic E-state index is 0.00292. The summed E-state index contributed by atoms with van der Waals surface area (Å²) in [7, 11) is 0. The molecule has 1 aromatic rings. The Morgan fingerprint density at radius 3 is 2.44 bits per heavy atom. The number of allylic oxidation sites excluding steroid dienone is 1. The SMILES string of the molecule is CCCCC(C)(C)[C@@H](/C=C/[C@@H]1[C@H]2C=C(C(COCC(=O)O)COCc3ccccc3)C[C@H]2C[C@H]1OC1CCCCO1)OC1CCCCO1. The number of aliphatic carboxylic acids is 1. The van der Waals surface area contributed by atoms with Crippen molar-refractivity contribution in [3.05, 3.63) is 59.7 Å². The second-order valence-electron chi connectivity index (χ2n) is 15.0. The van der Waals surface area contributed by atoms with Gasteiger partial charge >= 0.3 is 5.97 Å². The number of hydrogen-bond acceptors (Lipinski definition) is 7. The van der Waals surface area contributed by atoms with Gasteiger partial charge in [-0.25, -0.2) is 4.79 Å². The van der Waals surface area contributed by atoms with E-state index >= 15 is 0 Å². The van der Waals surface area contributed by atoms with Crippen molar-refractivity contribution in [2.45, 2.75) is 123 Å². The summed E-state index contributed by atoms with van der Waals surface area (Å²) in [4.78, 5) is 11.3. The molecule has 1 N–H and O–H groups in total. The van der Waals surface area contributed by atoms with Gasteiger partial charge in [-0.05, 0) is 80.6 Å². The zero-order valence-corrected chi connectivity index (χ0v) is 29.6. The van der Waals surface area contributed by atoms with Crippen LogP contribution in [0.4, 0.5) is 0 Å². The summed E-state index contributed by atoms with van der Waals surface area (Å²) in [5, 5.41) is 9.24. The lowest BCUT2D eigenvalue weighted by Crippen LogP contribution is -2.37. The van der Waals surface area contributed by atoms with E-state index < -0.39 is 5.97 Å². The molecular formula is C40H60O8. The molecule has 2 aliphatic heterocycles. The van der Waals surface area contributed by atoms with Gasteiger partial charge in [0.25, 0.3) is 0 Å². The van der Waals surface area contributed by atoms with Crippen LogP contribution < -0.4 is 0 Å². The molecule has 0 radical (unpaired) electrons. The Labute approximate surface area is 288 Å². The van der Waals surface area contributed by atoms with Crippen LogP contribution in [-0.4, -0.2) is 68.9 Å². The minimum Gasteiger partial charge on any atom is -0.480 e. The largest absolute Gasteiger partial charge is 0.480 e. The van der Waals surface area contributed by atoms with Gasteiger partial charge in [-0.2, -0.15) is 0 Å². The first kappa shape index (κ1) is 37.2. The van der Waals surface area contributed by atoms with Crippen LogP contribution in [0.2, 0.25) is 0 Å². The fourth-order valence-electron chi connectivity index (χ4n) is 7.89. The number of fused-ring (bicyclic) bond motifs is 1. The molecule has 8 atom stereocenters. The number of ether oxygens (including phenoxy) is 6. The van der Waals surface area contributed by atoms with E-state index in [4.69, 9.17) is 28.4 Å². The van der Waals surface area contributed by atoms with Gasteiger partial charge in [-0.15, -0.1) is 0 Å². The van der Waals surface area contributed by atoms with Crippen molar-refractivity contribution >= 4 is 5.97 Å². The summed E-state index contributed by atoms with van der Waals surface area (Å²) >= 11 is 0. The monoisotopic (exact) mass is 668 g/mol. The van der Waals surface area contributed by atoms with Gasteiger partial charge in [0.05, 0.1) is 32.0 Å². The smallest absolute Gasteiger partial charge is 0.329 e. The standard InChI is InChI=1S/C40H60O8/c1-4-5-19-40(2,3)36(48-39-16-10-12-21-46-39)18-17-33-34-23-30(22-31(34)24-35(33)47-38-15-9-11-20-45-38)32(27-44-28-37(41)42)26-43-25-29-13-7-6-8-14-29/h6-8,13-14,17-18,23,31-36,38-39H,4-5,9-12,15-16,19-22,24-28H2,1-3H3,(H,41,42)/b18-17+/t31-,32?,33+,34-,35+,36+,38?,39?/m0/s1. The van der Waals surface area contributed by atoms with E-state index in [1.165, 1.54) is 5.57 Å². The van der Waals surface area contributed by atoms with Crippen LogP contribution in [0.5, 0.6) is 0 Å². The van der Waals surface area contributed by atoms with E-state index in [0.717, 1.165) is 89.4 Å². The number of hydrogen-bond donors (Lipinski definition) is 1. The third kappa shape index (κ3) is 11.0. The summed E-state index contributed by atoms with van der Waals surface area (Å²) < 4.78 is 37.5. The Morgan fingerprint density at radius 2 is 1.75 bits per heavy atom. The first-order valence-electron chi connectivity index (χ1n) is 18.7. The lowest BCUT2D eigenvalue weighted by molar-refractivity contribution is -0.198. The summed E-state index contributed by atoms with van der Waals surface area (Å²) in [5.74, 6) is -0.0237. The van der Waals surface area contributed by atoms with Crippen molar-refractivity contribution in [3.63, 3.8) is 0 Å². The topological polar surface area (TPSA) is 92.7 Å². The van der Waals surface area contributed by atoms with Crippen molar-refractivity contribution < 1.29 is 38.3 Å². The maximum Gasteiger partial charge on any atom is 0.329 e. The van der Waals surface area contributed by atoms with Gasteiger partial charge in [-0.3, -0.25) is 0 Å². The molecule has 1 aromatic carbocycles. The third-order valence-corrected chi connectivity index (χ3v) is 10.7. The molecule has 0 bridgehead atoms. The van der Waals surface area contributed by atoms with Crippen LogP contribution in [0.15, 0.2) is 54.1 Å². The van der Waals surface area contributed by atoms with Crippen molar-refractivity contribution in [1.29, 1.82) is 0 Å². The predicted molar refractivity (Wildman–Crippen MR) is 185 cm³/mol. The van der Waals surface area contributed by atoms with Crippen molar-refractivity contribution in [2.75, 3.05) is 33.0 Å². The number of carbonyl (C=O) groups is 1. The highest BCUT2D eigenvalue weighted by atomic mass is 16.7. The number of benzene rings is 1. The molecule has 8 heteroatoms. The molecular weight excluding hydrogens is 608 g/mol. The lowest BCUT2D eigenvalue weighted by atomic mass is 9.80. The van der Waals surface area contributed by atoms with Crippen LogP contribution in [0, 0.1) is 29.1 Å². The second-order valence-corrected chi connectivity index (χ2v) is 15.0. The fourth-order valence-corrected chi connectivity index (χ4v) is 7.89. The Hall–Kier alpha value is -2.07. The van der Waals surface area contributed by atoms with Gasteiger partial charge in [-0.1, -0.05) is 87.7 Å². The molecule has 5 rings (SSSR count). The Kier molecular flexibility index (Phi) is 14.6. The minimum atomic E-state index is -0.955. The van der Waals surface area contributed by atoms with Crippen LogP contribution in [-0.2, 0) is 39.8 Å². The van der Waals surface area contributed by atoms with Crippen LogP contribution in [0.1, 0.15) is 97.0 Å². The van der Waals surface area contributed by atoms with E-state index in [1.54, 1.807) is 0 Å². The second kappa shape index (κ2) is 18.8. The van der Waals surface area contributed by atoms with Crippen LogP contribution in [0.3, 0.4) is 0 Å². The van der Waals surface area contributed by atoms with Crippen LogP contribution >= 0.6 is 0 Å². The molecule has 0 amide bonds. The maximum atomic E-state index is 11.3. The molecule has 8 nitrogen and oxygen atoms in total. The molecule has 268 valence electrons. The molecule has 4 aliphatic rings. The lowest BCUT2D eigenvalue weighted by Gasteiger charge is -2.36. The van der Waals surface area contributed by atoms with E-state index in [0.29, 0.717) is 31.7 Å². The molecule has 3 fully saturated rings. The van der Waals surface area contributed by atoms with E-state index in [-0.39, 0.29) is 48.6 Å². The van der Waals surface area contributed by atoms with Gasteiger partial charge < -0.3 is 33.5 Å². The van der Waals surface area contributed by atoms with Gasteiger partial charge in [0, 0.05) is 25.0 Å². The van der Waals surface area contributed by atoms with E-state index in [2.05, 4.69) is 51.1 Å². The summed E-state index contributed by atoms with van der Waals surface area (Å²) in [6, 6.07) is 10.1. The quantitative estimate of drug-likeness (QED) is 0.148. The fraction of sp³-hybridized carbons (Fsp3) is 0.725. The molecule has 2 heterocycles. The molecule has 48 heavy (non-hydrogen) atoms. The van der Waals surface area contributed by atoms with Gasteiger partial charge in [0.15, 0.2) is 12.6 Å². The van der Waals surface area contributed by atoms with Crippen molar-refractivity contribution in [3.8, 4) is 0 Å². The number of carboxylic acid groups (broad SMARTS) is 1. The third-order valence-electron chi connectivity index (χ3n) is 10.7. The highest BCUT2D eigenvalue weighted by Gasteiger charge is 2.47. The van der Waals surface area contributed by atoms with E-state index in [9.17, 15) is 9.90 Å². The normalized spacial score (nSPS) is 29.1. The predicted octanol–water partition coefficient (Wildman–Crippen LogP) is 8.10. The first-order chi connectivity index (χ1) is 23.3. The average Bonchev–Trinajstić information content (AvgIpc) is 3.64. The summed E-state index contributed by atoms with van der Waals surface area (Å²) in [6.07, 6.45) is 18.5. The van der Waals surface area contributed by atoms with Gasteiger partial charge in [0.1, 0.15) is 6.61 Å². The molecule has 3 unspecified atom stereocenters. The van der Waals surface area contributed by atoms with Crippen LogP contribution in [0.25, 0.3) is 0 Å². The summed E-state index contributed by atoms with van der Waals surface area (Å²) in [6.45, 7) is 9.44. The average molecular weight is 669 g/mol. The molecule has 0 aromatic heterocycles. The number of rotatable bonds is 19. The first-order valence-corrected chi connectivity index (χ1v) is 18.7. The number of carboxylic acids is 1. The molecule has 2 aliphatic carbocycles. The molecule has 0 spiro atoms. The van der Waals surface area contributed by atoms with Crippen molar-refractivity contribution in [1.82, 2.24) is 0 Å². The highest BCUT2D eigenvalue weighted by molar-refractivity contribution is 5.68. The molecule has 2 saturated heterocycles. The van der Waals surface area contributed by atoms with Crippen molar-refractivity contribution in [2.24, 2.45) is 29.1 Å². The van der Waals surface area contributed by atoms with E-state index in [1.807, 2.05) is 18.2 Å². The zero-order chi connectivity index (χ0) is 33.8. The Morgan fingerprint density at radius 1 is 1.02 bits per heavy atom. The number of unbranched alkanes of at least 4 members (excludes halogenated alkanes) is 1. The Balaban J connectivity index is 1.35. The van der Waals surface area contributed by atoms with Gasteiger partial charge in [0.2, 0.25) is 0 Å². The summed E-state index contributed by atoms with van der Waals surface area (Å²) in [5.41, 5.74) is 2.39. The molecule has 1 saturated carbocycles. The highest BCUT2D eigenvalue weighted by Crippen LogP contribution is 2.50. The zero-order valence-electron chi connectivity index (χ0n) is 29.6. The Bertz CT molecular complexity index is 1150.